The van der Waals surface area contributed by atoms with E-state index >= 15 is 0 Å². The molecule has 0 spiro atoms. The average Bonchev–Trinajstić information content (AvgIpc) is 2.87. The van der Waals surface area contributed by atoms with Crippen LogP contribution in [0.3, 0.4) is 0 Å². The van der Waals surface area contributed by atoms with Gasteiger partial charge in [0.1, 0.15) is 5.60 Å². The first-order chi connectivity index (χ1) is 9.17. The maximum atomic E-state index is 10.7. The number of aliphatic hydroxyl groups is 1. The first-order valence-electron chi connectivity index (χ1n) is 7.16. The lowest BCUT2D eigenvalue weighted by molar-refractivity contribution is -0.0259. The van der Waals surface area contributed by atoms with E-state index in [0.717, 1.165) is 45.2 Å². The molecule has 1 saturated carbocycles. The molecular weight excluding hydrogens is 240 g/mol. The van der Waals surface area contributed by atoms with Crippen LogP contribution in [0.25, 0.3) is 0 Å². The van der Waals surface area contributed by atoms with Gasteiger partial charge in [0.2, 0.25) is 0 Å². The molecular formula is C14H22N4O. The summed E-state index contributed by atoms with van der Waals surface area (Å²) in [5, 5.41) is 10.7. The fraction of sp³-hybridized carbons (Fsp3) is 0.714. The normalized spacial score (nSPS) is 36.5. The number of hydrogen-bond acceptors (Lipinski definition) is 5. The highest BCUT2D eigenvalue weighted by Crippen LogP contribution is 2.38. The van der Waals surface area contributed by atoms with Crippen molar-refractivity contribution < 1.29 is 5.11 Å². The predicted octanol–water partition coefficient (Wildman–Crippen LogP) is 0.640. The molecule has 0 aromatic carbocycles. The second-order valence-electron chi connectivity index (χ2n) is 5.90. The number of aromatic nitrogens is 2. The molecule has 1 atom stereocenters. The van der Waals surface area contributed by atoms with Gasteiger partial charge in [0.15, 0.2) is 0 Å². The Hall–Kier alpha value is -1.04. The Morgan fingerprint density at radius 2 is 2.05 bits per heavy atom. The fourth-order valence-electron chi connectivity index (χ4n) is 3.39. The molecule has 104 valence electrons. The molecule has 0 radical (unpaired) electrons. The summed E-state index contributed by atoms with van der Waals surface area (Å²) < 4.78 is 0. The van der Waals surface area contributed by atoms with Crippen molar-refractivity contribution in [3.63, 3.8) is 0 Å². The van der Waals surface area contributed by atoms with E-state index in [9.17, 15) is 5.11 Å². The monoisotopic (exact) mass is 262 g/mol. The van der Waals surface area contributed by atoms with E-state index in [1.54, 1.807) is 18.6 Å². The third kappa shape index (κ3) is 2.63. The van der Waals surface area contributed by atoms with Gasteiger partial charge in [-0.3, -0.25) is 14.9 Å². The minimum Gasteiger partial charge on any atom is -0.383 e. The number of likely N-dealkylation sites (tertiary alicyclic amines) is 1. The number of nitrogens with zero attached hydrogens (tertiary/aromatic N) is 3. The number of nitrogens with two attached hydrogens (primary N) is 1. The van der Waals surface area contributed by atoms with E-state index in [1.165, 1.54) is 0 Å². The van der Waals surface area contributed by atoms with E-state index in [1.807, 2.05) is 0 Å². The van der Waals surface area contributed by atoms with Crippen LogP contribution < -0.4 is 5.73 Å². The topological polar surface area (TPSA) is 75.3 Å². The van der Waals surface area contributed by atoms with Crippen LogP contribution in [0.2, 0.25) is 0 Å². The van der Waals surface area contributed by atoms with Crippen molar-refractivity contribution in [2.45, 2.75) is 49.8 Å². The van der Waals surface area contributed by atoms with Crippen LogP contribution in [0, 0.1) is 0 Å². The van der Waals surface area contributed by atoms with Crippen molar-refractivity contribution >= 4 is 0 Å². The molecule has 0 amide bonds. The maximum absolute atomic E-state index is 10.7. The van der Waals surface area contributed by atoms with Gasteiger partial charge in [-0.1, -0.05) is 0 Å². The molecule has 1 aliphatic heterocycles. The van der Waals surface area contributed by atoms with Crippen molar-refractivity contribution in [3.8, 4) is 0 Å². The van der Waals surface area contributed by atoms with Crippen molar-refractivity contribution in [2.75, 3.05) is 13.1 Å². The Labute approximate surface area is 113 Å². The first-order valence-corrected chi connectivity index (χ1v) is 7.16. The zero-order valence-electron chi connectivity index (χ0n) is 11.2. The summed E-state index contributed by atoms with van der Waals surface area (Å²) in [5.41, 5.74) is 5.90. The summed E-state index contributed by atoms with van der Waals surface area (Å²) in [6, 6.07) is 0.909. The lowest BCUT2D eigenvalue weighted by Crippen LogP contribution is -2.42. The van der Waals surface area contributed by atoms with Gasteiger partial charge in [-0.2, -0.15) is 0 Å². The number of rotatable bonds is 2. The molecule has 3 N–H and O–H groups in total. The Balaban J connectivity index is 1.63. The van der Waals surface area contributed by atoms with Crippen molar-refractivity contribution in [2.24, 2.45) is 5.73 Å². The molecule has 2 aliphatic rings. The predicted molar refractivity (Wildman–Crippen MR) is 72.4 cm³/mol. The molecule has 5 heteroatoms. The second-order valence-corrected chi connectivity index (χ2v) is 5.90. The van der Waals surface area contributed by atoms with Crippen LogP contribution in [-0.4, -0.2) is 45.1 Å². The van der Waals surface area contributed by atoms with Crippen LogP contribution in [-0.2, 0) is 5.60 Å². The lowest BCUT2D eigenvalue weighted by atomic mass is 9.80. The van der Waals surface area contributed by atoms with Crippen LogP contribution in [0.5, 0.6) is 0 Å². The van der Waals surface area contributed by atoms with E-state index in [2.05, 4.69) is 14.9 Å². The molecule has 1 aromatic rings. The Kier molecular flexibility index (Phi) is 3.52. The Bertz CT molecular complexity index is 417. The van der Waals surface area contributed by atoms with Gasteiger partial charge in [-0.15, -0.1) is 0 Å². The average molecular weight is 262 g/mol. The third-order valence-corrected chi connectivity index (χ3v) is 4.59. The van der Waals surface area contributed by atoms with Crippen molar-refractivity contribution in [1.82, 2.24) is 14.9 Å². The SMILES string of the molecule is N[C@@H]1CCN(C2CCC(O)(c3cnccn3)CC2)C1. The van der Waals surface area contributed by atoms with Crippen LogP contribution >= 0.6 is 0 Å². The highest BCUT2D eigenvalue weighted by molar-refractivity contribution is 5.10. The summed E-state index contributed by atoms with van der Waals surface area (Å²) in [6.45, 7) is 2.11. The molecule has 1 saturated heterocycles. The highest BCUT2D eigenvalue weighted by Gasteiger charge is 2.38. The lowest BCUT2D eigenvalue weighted by Gasteiger charge is -2.39. The highest BCUT2D eigenvalue weighted by atomic mass is 16.3. The largest absolute Gasteiger partial charge is 0.383 e. The summed E-state index contributed by atoms with van der Waals surface area (Å²) in [4.78, 5) is 10.8. The van der Waals surface area contributed by atoms with E-state index < -0.39 is 5.60 Å². The molecule has 3 rings (SSSR count). The summed E-state index contributed by atoms with van der Waals surface area (Å²) in [6.07, 6.45) is 9.64. The molecule has 1 aromatic heterocycles. The molecule has 0 unspecified atom stereocenters. The second kappa shape index (κ2) is 5.15. The van der Waals surface area contributed by atoms with E-state index in [0.29, 0.717) is 17.8 Å². The van der Waals surface area contributed by atoms with Crippen LogP contribution in [0.15, 0.2) is 18.6 Å². The smallest absolute Gasteiger partial charge is 0.108 e. The maximum Gasteiger partial charge on any atom is 0.108 e. The number of hydrogen-bond donors (Lipinski definition) is 2. The van der Waals surface area contributed by atoms with Gasteiger partial charge in [0.05, 0.1) is 11.9 Å². The fourth-order valence-corrected chi connectivity index (χ4v) is 3.39. The van der Waals surface area contributed by atoms with Gasteiger partial charge in [0, 0.05) is 37.6 Å². The zero-order valence-corrected chi connectivity index (χ0v) is 11.2. The quantitative estimate of drug-likeness (QED) is 0.818. The van der Waals surface area contributed by atoms with Crippen LogP contribution in [0.1, 0.15) is 37.8 Å². The zero-order chi connectivity index (χ0) is 13.3. The molecule has 2 heterocycles. The van der Waals surface area contributed by atoms with Crippen LogP contribution in [0.4, 0.5) is 0 Å². The minimum absolute atomic E-state index is 0.334. The van der Waals surface area contributed by atoms with E-state index in [-0.39, 0.29) is 0 Å². The molecule has 2 fully saturated rings. The molecule has 1 aliphatic carbocycles. The van der Waals surface area contributed by atoms with Gasteiger partial charge < -0.3 is 10.8 Å². The van der Waals surface area contributed by atoms with Crippen molar-refractivity contribution in [1.29, 1.82) is 0 Å². The Morgan fingerprint density at radius 1 is 1.26 bits per heavy atom. The standard InChI is InChI=1S/C14H22N4O/c15-11-3-8-18(10-11)12-1-4-14(19,5-2-12)13-9-16-6-7-17-13/h6-7,9,11-12,19H,1-5,8,10,15H2/t11-,12?,14?/m1/s1. The Morgan fingerprint density at radius 3 is 2.63 bits per heavy atom. The summed E-state index contributed by atoms with van der Waals surface area (Å²) in [7, 11) is 0. The molecule has 19 heavy (non-hydrogen) atoms. The van der Waals surface area contributed by atoms with Gasteiger partial charge in [0.25, 0.3) is 0 Å². The van der Waals surface area contributed by atoms with E-state index in [4.69, 9.17) is 5.73 Å². The van der Waals surface area contributed by atoms with Crippen molar-refractivity contribution in [3.05, 3.63) is 24.3 Å². The van der Waals surface area contributed by atoms with Gasteiger partial charge >= 0.3 is 0 Å². The summed E-state index contributed by atoms with van der Waals surface area (Å²) >= 11 is 0. The summed E-state index contributed by atoms with van der Waals surface area (Å²) in [5.74, 6) is 0. The first kappa shape index (κ1) is 13.0. The third-order valence-electron chi connectivity index (χ3n) is 4.59. The van der Waals surface area contributed by atoms with Gasteiger partial charge in [-0.25, -0.2) is 0 Å². The minimum atomic E-state index is -0.785. The molecule has 0 bridgehead atoms. The van der Waals surface area contributed by atoms with Gasteiger partial charge in [-0.05, 0) is 32.1 Å². The molecule has 5 nitrogen and oxygen atoms in total.